The van der Waals surface area contributed by atoms with Gasteiger partial charge in [-0.05, 0) is 47.9 Å². The Morgan fingerprint density at radius 2 is 0.458 bits per heavy atom. The van der Waals surface area contributed by atoms with Gasteiger partial charge in [-0.15, -0.1) is 0 Å². The number of unbranched alkanes of at least 4 members (excludes halogenated alkanes) is 15. The summed E-state index contributed by atoms with van der Waals surface area (Å²) in [4.78, 5) is 0. The van der Waals surface area contributed by atoms with Crippen molar-refractivity contribution in [3.05, 3.63) is 98.1 Å². The third kappa shape index (κ3) is 14.4. The van der Waals surface area contributed by atoms with Crippen molar-refractivity contribution in [2.75, 3.05) is 0 Å². The summed E-state index contributed by atoms with van der Waals surface area (Å²) in [6.45, 7) is 9.03. The van der Waals surface area contributed by atoms with Crippen molar-refractivity contribution in [3.8, 4) is 22.3 Å². The lowest BCUT2D eigenvalue weighted by atomic mass is 10.1. The fraction of sp³-hybridized carbons (Fsp3) is 0.545. The van der Waals surface area contributed by atoms with Crippen LogP contribution in [0, 0.1) is 0 Å². The summed E-state index contributed by atoms with van der Waals surface area (Å²) in [7, 11) is 0. The highest BCUT2D eigenvalue weighted by Crippen LogP contribution is 2.17. The van der Waals surface area contributed by atoms with E-state index in [9.17, 15) is 0 Å². The lowest BCUT2D eigenvalue weighted by Crippen LogP contribution is -2.33. The van der Waals surface area contributed by atoms with Crippen LogP contribution in [0.2, 0.25) is 0 Å². The summed E-state index contributed by atoms with van der Waals surface area (Å²) < 4.78 is 9.35. The lowest BCUT2D eigenvalue weighted by Gasteiger charge is -2.03. The molecular formula is C44H66N4+4. The molecule has 0 saturated heterocycles. The number of aromatic nitrogens is 4. The molecule has 4 aromatic rings. The van der Waals surface area contributed by atoms with Gasteiger partial charge in [0.15, 0.2) is 49.6 Å². The van der Waals surface area contributed by atoms with Crippen molar-refractivity contribution in [3.63, 3.8) is 0 Å². The van der Waals surface area contributed by atoms with Crippen LogP contribution in [0.4, 0.5) is 0 Å². The van der Waals surface area contributed by atoms with Crippen molar-refractivity contribution < 1.29 is 18.3 Å². The second kappa shape index (κ2) is 23.0. The lowest BCUT2D eigenvalue weighted by molar-refractivity contribution is -0.697. The Balaban J connectivity index is 1.03. The van der Waals surface area contributed by atoms with Gasteiger partial charge in [0.05, 0.1) is 0 Å². The molecule has 4 heteroatoms. The van der Waals surface area contributed by atoms with Gasteiger partial charge >= 0.3 is 0 Å². The van der Waals surface area contributed by atoms with Gasteiger partial charge in [-0.1, -0.05) is 78.1 Å². The third-order valence-corrected chi connectivity index (χ3v) is 9.85. The highest BCUT2D eigenvalue weighted by atomic mass is 14.9. The Kier molecular flexibility index (Phi) is 18.0. The maximum Gasteiger partial charge on any atom is 0.169 e. The molecule has 0 aliphatic heterocycles. The predicted octanol–water partition coefficient (Wildman–Crippen LogP) is 9.93. The summed E-state index contributed by atoms with van der Waals surface area (Å²) in [6.07, 6.45) is 41.9. The fourth-order valence-electron chi connectivity index (χ4n) is 6.64. The zero-order chi connectivity index (χ0) is 33.5. The minimum Gasteiger partial charge on any atom is -0.205 e. The molecule has 0 aliphatic rings. The molecule has 0 fully saturated rings. The van der Waals surface area contributed by atoms with Gasteiger partial charge in [0.2, 0.25) is 0 Å². The van der Waals surface area contributed by atoms with Gasteiger partial charge in [0.25, 0.3) is 0 Å². The standard InChI is InChI=1S/C44H66N4/c1-3-5-7-9-13-17-29-45-33-21-41(22-34-45)43-25-37-47(38-26-43)31-19-15-11-12-16-20-32-48-39-27-44(28-40-48)42-23-35-46(36-24-42)30-18-14-10-8-6-4-2/h21-28,33-40H,3-20,29-32H2,1-2H3/q+4. The topological polar surface area (TPSA) is 15.5 Å². The van der Waals surface area contributed by atoms with Crippen LogP contribution < -0.4 is 18.3 Å². The monoisotopic (exact) mass is 651 g/mol. The molecule has 4 aromatic heterocycles. The predicted molar refractivity (Wildman–Crippen MR) is 199 cm³/mol. The van der Waals surface area contributed by atoms with Gasteiger partial charge in [0, 0.05) is 74.2 Å². The fourth-order valence-corrected chi connectivity index (χ4v) is 6.64. The van der Waals surface area contributed by atoms with Crippen molar-refractivity contribution in [1.82, 2.24) is 0 Å². The van der Waals surface area contributed by atoms with E-state index in [0.29, 0.717) is 0 Å². The quantitative estimate of drug-likeness (QED) is 0.0501. The normalized spacial score (nSPS) is 11.3. The summed E-state index contributed by atoms with van der Waals surface area (Å²) in [5.41, 5.74) is 5.21. The van der Waals surface area contributed by atoms with E-state index in [0.717, 1.165) is 26.2 Å². The van der Waals surface area contributed by atoms with E-state index in [1.54, 1.807) is 0 Å². The Labute approximate surface area is 293 Å². The number of rotatable bonds is 25. The van der Waals surface area contributed by atoms with Crippen molar-refractivity contribution >= 4 is 0 Å². The van der Waals surface area contributed by atoms with Crippen molar-refractivity contribution in [2.45, 2.75) is 156 Å². The van der Waals surface area contributed by atoms with Gasteiger partial charge in [-0.3, -0.25) is 0 Å². The van der Waals surface area contributed by atoms with E-state index in [1.165, 1.54) is 138 Å². The number of nitrogens with zero attached hydrogens (tertiary/aromatic N) is 4. The van der Waals surface area contributed by atoms with Gasteiger partial charge in [0.1, 0.15) is 26.2 Å². The van der Waals surface area contributed by atoms with Crippen molar-refractivity contribution in [2.24, 2.45) is 0 Å². The molecule has 4 heterocycles. The molecule has 48 heavy (non-hydrogen) atoms. The average molecular weight is 651 g/mol. The molecule has 0 saturated carbocycles. The summed E-state index contributed by atoms with van der Waals surface area (Å²) in [5.74, 6) is 0. The Bertz CT molecular complexity index is 1250. The van der Waals surface area contributed by atoms with E-state index in [-0.39, 0.29) is 0 Å². The first-order valence-corrected chi connectivity index (χ1v) is 19.7. The molecule has 258 valence electrons. The minimum absolute atomic E-state index is 1.11. The van der Waals surface area contributed by atoms with E-state index in [1.807, 2.05) is 0 Å². The molecule has 0 spiro atoms. The van der Waals surface area contributed by atoms with Gasteiger partial charge < -0.3 is 0 Å². The first-order valence-electron chi connectivity index (χ1n) is 19.7. The molecule has 4 nitrogen and oxygen atoms in total. The van der Waals surface area contributed by atoms with Crippen LogP contribution in [0.1, 0.15) is 129 Å². The van der Waals surface area contributed by atoms with Crippen LogP contribution in [0.3, 0.4) is 0 Å². The third-order valence-electron chi connectivity index (χ3n) is 9.85. The molecule has 0 aliphatic carbocycles. The molecule has 0 N–H and O–H groups in total. The average Bonchev–Trinajstić information content (AvgIpc) is 3.13. The first-order chi connectivity index (χ1) is 23.7. The second-order valence-electron chi connectivity index (χ2n) is 14.0. The minimum atomic E-state index is 1.11. The molecule has 0 aromatic carbocycles. The second-order valence-corrected chi connectivity index (χ2v) is 14.0. The molecule has 0 atom stereocenters. The number of aryl methyl sites for hydroxylation is 4. The zero-order valence-electron chi connectivity index (χ0n) is 30.6. The molecule has 0 unspecified atom stereocenters. The highest BCUT2D eigenvalue weighted by Gasteiger charge is 2.08. The van der Waals surface area contributed by atoms with E-state index in [2.05, 4.69) is 130 Å². The van der Waals surface area contributed by atoms with Crippen LogP contribution >= 0.6 is 0 Å². The van der Waals surface area contributed by atoms with E-state index in [4.69, 9.17) is 0 Å². The number of pyridine rings is 4. The Hall–Kier alpha value is -3.40. The maximum atomic E-state index is 2.34. The smallest absolute Gasteiger partial charge is 0.169 e. The molecule has 0 amide bonds. The Morgan fingerprint density at radius 3 is 0.667 bits per heavy atom. The Morgan fingerprint density at radius 1 is 0.271 bits per heavy atom. The summed E-state index contributed by atoms with van der Waals surface area (Å²) in [6, 6.07) is 18.1. The highest BCUT2D eigenvalue weighted by molar-refractivity contribution is 5.61. The van der Waals surface area contributed by atoms with Gasteiger partial charge in [-0.25, -0.2) is 18.3 Å². The van der Waals surface area contributed by atoms with Crippen LogP contribution in [0.25, 0.3) is 22.3 Å². The molecule has 4 rings (SSSR count). The molecule has 0 bridgehead atoms. The van der Waals surface area contributed by atoms with E-state index < -0.39 is 0 Å². The van der Waals surface area contributed by atoms with Crippen LogP contribution in [-0.4, -0.2) is 0 Å². The van der Waals surface area contributed by atoms with Crippen molar-refractivity contribution in [1.29, 1.82) is 0 Å². The largest absolute Gasteiger partial charge is 0.205 e. The van der Waals surface area contributed by atoms with Crippen LogP contribution in [0.15, 0.2) is 98.1 Å². The number of hydrogen-bond donors (Lipinski definition) is 0. The van der Waals surface area contributed by atoms with E-state index >= 15 is 0 Å². The van der Waals surface area contributed by atoms with Gasteiger partial charge in [-0.2, -0.15) is 0 Å². The summed E-state index contributed by atoms with van der Waals surface area (Å²) >= 11 is 0. The summed E-state index contributed by atoms with van der Waals surface area (Å²) in [5, 5.41) is 0. The molecular weight excluding hydrogens is 585 g/mol. The molecule has 0 radical (unpaired) electrons. The number of hydrogen-bond acceptors (Lipinski definition) is 0. The van der Waals surface area contributed by atoms with Crippen LogP contribution in [-0.2, 0) is 26.2 Å². The zero-order valence-corrected chi connectivity index (χ0v) is 30.6. The maximum absolute atomic E-state index is 2.34. The SMILES string of the molecule is CCCCCCCC[n+]1ccc(-c2cc[n+](CCCCCCCC[n+]3ccc(-c4cc[n+](CCCCCCCC)cc4)cc3)cc2)cc1. The first kappa shape index (κ1) is 37.4. The van der Waals surface area contributed by atoms with Crippen LogP contribution in [0.5, 0.6) is 0 Å².